The lowest BCUT2D eigenvalue weighted by Crippen LogP contribution is -2.44. The van der Waals surface area contributed by atoms with E-state index in [0.717, 1.165) is 37.3 Å². The van der Waals surface area contributed by atoms with Crippen LogP contribution in [0.3, 0.4) is 0 Å². The monoisotopic (exact) mass is 302 g/mol. The molecule has 1 aromatic carbocycles. The molecule has 2 aliphatic rings. The molecule has 1 aromatic rings. The minimum absolute atomic E-state index is 0.0372. The summed E-state index contributed by atoms with van der Waals surface area (Å²) in [5.74, 6) is -0.0717. The summed E-state index contributed by atoms with van der Waals surface area (Å²) >= 11 is 0. The summed E-state index contributed by atoms with van der Waals surface area (Å²) in [5, 5.41) is 5.82. The van der Waals surface area contributed by atoms with Crippen LogP contribution in [0, 0.1) is 0 Å². The third-order valence-electron chi connectivity index (χ3n) is 4.23. The number of amides is 2. The standard InChI is InChI=1S/C16H22N4O2/c1-19(2)9-7-17-15(21)11-5-6-13-12(10-11)18-16(22)14-4-3-8-20(13)14/h5-6,10,14H,3-4,7-9H2,1-2H3,(H,17,21)(H,18,22). The van der Waals surface area contributed by atoms with Gasteiger partial charge < -0.3 is 20.4 Å². The molecule has 0 radical (unpaired) electrons. The molecule has 3 rings (SSSR count). The Morgan fingerprint density at radius 1 is 1.45 bits per heavy atom. The second-order valence-electron chi connectivity index (χ2n) is 6.13. The van der Waals surface area contributed by atoms with Crippen molar-refractivity contribution in [3.63, 3.8) is 0 Å². The summed E-state index contributed by atoms with van der Waals surface area (Å²) in [5.41, 5.74) is 2.34. The highest BCUT2D eigenvalue weighted by atomic mass is 16.2. The van der Waals surface area contributed by atoms with Crippen molar-refractivity contribution in [3.05, 3.63) is 23.8 Å². The van der Waals surface area contributed by atoms with Gasteiger partial charge in [-0.05, 0) is 45.1 Å². The van der Waals surface area contributed by atoms with Crippen molar-refractivity contribution in [2.45, 2.75) is 18.9 Å². The van der Waals surface area contributed by atoms with Gasteiger partial charge in [0.05, 0.1) is 11.4 Å². The third kappa shape index (κ3) is 2.78. The lowest BCUT2D eigenvalue weighted by atomic mass is 10.1. The molecule has 0 aliphatic carbocycles. The minimum Gasteiger partial charge on any atom is -0.358 e. The largest absolute Gasteiger partial charge is 0.358 e. The fraction of sp³-hybridized carbons (Fsp3) is 0.500. The summed E-state index contributed by atoms with van der Waals surface area (Å²) in [6.45, 7) is 2.30. The molecule has 1 saturated heterocycles. The number of hydrogen-bond donors (Lipinski definition) is 2. The van der Waals surface area contributed by atoms with E-state index in [1.54, 1.807) is 6.07 Å². The van der Waals surface area contributed by atoms with Crippen LogP contribution in [0.25, 0.3) is 0 Å². The van der Waals surface area contributed by atoms with Crippen molar-refractivity contribution >= 4 is 23.2 Å². The molecule has 1 unspecified atom stereocenters. The molecule has 1 atom stereocenters. The minimum atomic E-state index is -0.109. The molecule has 2 amide bonds. The molecular weight excluding hydrogens is 280 g/mol. The molecule has 6 nitrogen and oxygen atoms in total. The number of anilines is 2. The van der Waals surface area contributed by atoms with Crippen molar-refractivity contribution in [2.75, 3.05) is 43.9 Å². The molecule has 0 aromatic heterocycles. The van der Waals surface area contributed by atoms with Gasteiger partial charge in [-0.15, -0.1) is 0 Å². The van der Waals surface area contributed by atoms with Crippen LogP contribution in [-0.2, 0) is 4.79 Å². The van der Waals surface area contributed by atoms with E-state index in [1.807, 2.05) is 31.1 Å². The number of hydrogen-bond acceptors (Lipinski definition) is 4. The SMILES string of the molecule is CN(C)CCNC(=O)c1ccc2c(c1)NC(=O)C1CCCN21. The van der Waals surface area contributed by atoms with Crippen LogP contribution in [0.4, 0.5) is 11.4 Å². The smallest absolute Gasteiger partial charge is 0.251 e. The van der Waals surface area contributed by atoms with Crippen LogP contribution in [0.5, 0.6) is 0 Å². The summed E-state index contributed by atoms with van der Waals surface area (Å²) in [4.78, 5) is 28.4. The summed E-state index contributed by atoms with van der Waals surface area (Å²) < 4.78 is 0. The lowest BCUT2D eigenvalue weighted by Gasteiger charge is -2.33. The normalized spacial score (nSPS) is 19.7. The van der Waals surface area contributed by atoms with Gasteiger partial charge in [0.1, 0.15) is 6.04 Å². The first-order valence-electron chi connectivity index (χ1n) is 7.71. The highest BCUT2D eigenvalue weighted by molar-refractivity contribution is 6.06. The Morgan fingerprint density at radius 2 is 2.27 bits per heavy atom. The van der Waals surface area contributed by atoms with Crippen LogP contribution < -0.4 is 15.5 Å². The van der Waals surface area contributed by atoms with E-state index in [1.165, 1.54) is 0 Å². The second-order valence-corrected chi connectivity index (χ2v) is 6.13. The zero-order valence-corrected chi connectivity index (χ0v) is 13.1. The van der Waals surface area contributed by atoms with E-state index < -0.39 is 0 Å². The first-order valence-corrected chi connectivity index (χ1v) is 7.71. The number of benzene rings is 1. The Hall–Kier alpha value is -2.08. The van der Waals surface area contributed by atoms with Gasteiger partial charge in [-0.2, -0.15) is 0 Å². The Labute approximate surface area is 130 Å². The first-order chi connectivity index (χ1) is 10.6. The lowest BCUT2D eigenvalue weighted by molar-refractivity contribution is -0.117. The number of nitrogens with zero attached hydrogens (tertiary/aromatic N) is 2. The Kier molecular flexibility index (Phi) is 4.02. The molecule has 2 aliphatic heterocycles. The maximum atomic E-state index is 12.2. The average molecular weight is 302 g/mol. The van der Waals surface area contributed by atoms with E-state index in [2.05, 4.69) is 15.5 Å². The van der Waals surface area contributed by atoms with E-state index in [0.29, 0.717) is 12.1 Å². The van der Waals surface area contributed by atoms with Gasteiger partial charge >= 0.3 is 0 Å². The molecule has 6 heteroatoms. The Bertz CT molecular complexity index is 600. The molecule has 0 bridgehead atoms. The highest BCUT2D eigenvalue weighted by Gasteiger charge is 2.36. The molecule has 118 valence electrons. The molecule has 0 saturated carbocycles. The molecule has 1 fully saturated rings. The summed E-state index contributed by atoms with van der Waals surface area (Å²) in [7, 11) is 3.93. The van der Waals surface area contributed by atoms with Gasteiger partial charge in [0, 0.05) is 25.2 Å². The van der Waals surface area contributed by atoms with Crippen LogP contribution in [-0.4, -0.2) is 56.5 Å². The van der Waals surface area contributed by atoms with Gasteiger partial charge in [-0.25, -0.2) is 0 Å². The van der Waals surface area contributed by atoms with Gasteiger partial charge in [0.15, 0.2) is 0 Å². The average Bonchev–Trinajstić information content (AvgIpc) is 2.96. The molecule has 22 heavy (non-hydrogen) atoms. The number of rotatable bonds is 4. The van der Waals surface area contributed by atoms with Gasteiger partial charge in [0.2, 0.25) is 5.91 Å². The number of carbonyl (C=O) groups is 2. The van der Waals surface area contributed by atoms with Crippen LogP contribution in [0.2, 0.25) is 0 Å². The summed E-state index contributed by atoms with van der Waals surface area (Å²) in [6.07, 6.45) is 1.93. The quantitative estimate of drug-likeness (QED) is 0.867. The van der Waals surface area contributed by atoms with E-state index in [9.17, 15) is 9.59 Å². The number of nitrogens with one attached hydrogen (secondary N) is 2. The predicted molar refractivity (Wildman–Crippen MR) is 86.3 cm³/mol. The molecule has 2 heterocycles. The molecular formula is C16H22N4O2. The van der Waals surface area contributed by atoms with E-state index in [4.69, 9.17) is 0 Å². The second kappa shape index (κ2) is 5.96. The zero-order chi connectivity index (χ0) is 15.7. The molecule has 0 spiro atoms. The predicted octanol–water partition coefficient (Wildman–Crippen LogP) is 0.899. The van der Waals surface area contributed by atoms with Crippen molar-refractivity contribution in [1.29, 1.82) is 0 Å². The van der Waals surface area contributed by atoms with Crippen molar-refractivity contribution in [3.8, 4) is 0 Å². The van der Waals surface area contributed by atoms with Gasteiger partial charge in [-0.1, -0.05) is 0 Å². The maximum Gasteiger partial charge on any atom is 0.251 e. The topological polar surface area (TPSA) is 64.7 Å². The van der Waals surface area contributed by atoms with E-state index in [-0.39, 0.29) is 17.9 Å². The third-order valence-corrected chi connectivity index (χ3v) is 4.23. The fourth-order valence-corrected chi connectivity index (χ4v) is 3.07. The zero-order valence-electron chi connectivity index (χ0n) is 13.1. The highest BCUT2D eigenvalue weighted by Crippen LogP contribution is 2.37. The van der Waals surface area contributed by atoms with Crippen molar-refractivity contribution in [2.24, 2.45) is 0 Å². The molecule has 2 N–H and O–H groups in total. The van der Waals surface area contributed by atoms with Crippen LogP contribution in [0.1, 0.15) is 23.2 Å². The number of likely N-dealkylation sites (N-methyl/N-ethyl adjacent to an activating group) is 1. The van der Waals surface area contributed by atoms with Crippen molar-refractivity contribution in [1.82, 2.24) is 10.2 Å². The van der Waals surface area contributed by atoms with E-state index >= 15 is 0 Å². The fourth-order valence-electron chi connectivity index (χ4n) is 3.07. The number of fused-ring (bicyclic) bond motifs is 3. The first kappa shape index (κ1) is 14.8. The Balaban J connectivity index is 1.75. The maximum absolute atomic E-state index is 12.2. The summed E-state index contributed by atoms with van der Waals surface area (Å²) in [6, 6.07) is 5.49. The van der Waals surface area contributed by atoms with Crippen LogP contribution >= 0.6 is 0 Å². The van der Waals surface area contributed by atoms with Crippen molar-refractivity contribution < 1.29 is 9.59 Å². The Morgan fingerprint density at radius 3 is 3.05 bits per heavy atom. The number of carbonyl (C=O) groups excluding carboxylic acids is 2. The van der Waals surface area contributed by atoms with Gasteiger partial charge in [-0.3, -0.25) is 9.59 Å². The van der Waals surface area contributed by atoms with Gasteiger partial charge in [0.25, 0.3) is 5.91 Å². The van der Waals surface area contributed by atoms with Crippen LogP contribution in [0.15, 0.2) is 18.2 Å².